The minimum atomic E-state index is -0.436. The minimum Gasteiger partial charge on any atom is -0.457 e. The molecule has 0 atom stereocenters. The number of ether oxygens (including phenoxy) is 2. The molecule has 0 saturated carbocycles. The van der Waals surface area contributed by atoms with E-state index in [1.165, 1.54) is 12.1 Å². The smallest absolute Gasteiger partial charge is 0.130 e. The van der Waals surface area contributed by atoms with Crippen molar-refractivity contribution in [2.24, 2.45) is 0 Å². The zero-order chi connectivity index (χ0) is 13.7. The Bertz CT molecular complexity index is 555. The monoisotopic (exact) mass is 262 g/mol. The fraction of sp³-hybridized carbons (Fsp3) is 0.200. The first-order valence-corrected chi connectivity index (χ1v) is 5.87. The maximum atomic E-state index is 13.3. The first-order chi connectivity index (χ1) is 9.21. The van der Waals surface area contributed by atoms with Crippen molar-refractivity contribution in [3.63, 3.8) is 0 Å². The molecule has 0 aliphatic rings. The highest BCUT2D eigenvalue weighted by molar-refractivity contribution is 5.36. The average Bonchev–Trinajstić information content (AvgIpc) is 2.39. The lowest BCUT2D eigenvalue weighted by atomic mass is 10.2. The highest BCUT2D eigenvalue weighted by Gasteiger charge is 2.03. The predicted molar refractivity (Wildman–Crippen MR) is 69.6 cm³/mol. The normalized spacial score (nSPS) is 10.5. The van der Waals surface area contributed by atoms with Crippen LogP contribution in [-0.2, 0) is 18.0 Å². The number of aliphatic hydroxyl groups is 1. The van der Waals surface area contributed by atoms with Gasteiger partial charge in [-0.25, -0.2) is 4.39 Å². The molecule has 4 heteroatoms. The summed E-state index contributed by atoms with van der Waals surface area (Å²) in [5, 5.41) is 9.03. The van der Waals surface area contributed by atoms with Crippen LogP contribution >= 0.6 is 0 Å². The highest BCUT2D eigenvalue weighted by atomic mass is 19.1. The number of benzene rings is 2. The van der Waals surface area contributed by atoms with Crippen LogP contribution in [0.25, 0.3) is 0 Å². The quantitative estimate of drug-likeness (QED) is 0.898. The SMILES string of the molecule is COCc1cccc(Oc2cc(F)cc(CO)c2)c1. The topological polar surface area (TPSA) is 38.7 Å². The number of methoxy groups -OCH3 is 1. The third-order valence-corrected chi connectivity index (χ3v) is 2.56. The molecule has 0 amide bonds. The molecule has 0 aliphatic carbocycles. The van der Waals surface area contributed by atoms with Crippen LogP contribution in [0.3, 0.4) is 0 Å². The molecular formula is C15H15FO3. The van der Waals surface area contributed by atoms with Gasteiger partial charge in [-0.3, -0.25) is 0 Å². The van der Waals surface area contributed by atoms with Gasteiger partial charge in [-0.15, -0.1) is 0 Å². The summed E-state index contributed by atoms with van der Waals surface area (Å²) in [7, 11) is 1.62. The van der Waals surface area contributed by atoms with E-state index in [1.807, 2.05) is 18.2 Å². The van der Waals surface area contributed by atoms with E-state index in [9.17, 15) is 4.39 Å². The second-order valence-electron chi connectivity index (χ2n) is 4.14. The van der Waals surface area contributed by atoms with Gasteiger partial charge in [0.1, 0.15) is 17.3 Å². The molecule has 0 heterocycles. The molecule has 0 saturated heterocycles. The summed E-state index contributed by atoms with van der Waals surface area (Å²) in [6.07, 6.45) is 0. The van der Waals surface area contributed by atoms with Gasteiger partial charge in [0, 0.05) is 13.2 Å². The molecule has 0 fully saturated rings. The molecule has 0 aliphatic heterocycles. The van der Waals surface area contributed by atoms with Crippen LogP contribution in [-0.4, -0.2) is 12.2 Å². The van der Waals surface area contributed by atoms with Crippen LogP contribution in [0, 0.1) is 5.82 Å². The molecule has 0 bridgehead atoms. The van der Waals surface area contributed by atoms with Crippen molar-refractivity contribution in [1.29, 1.82) is 0 Å². The molecule has 1 N–H and O–H groups in total. The molecule has 0 unspecified atom stereocenters. The van der Waals surface area contributed by atoms with Gasteiger partial charge in [0.2, 0.25) is 0 Å². The minimum absolute atomic E-state index is 0.224. The standard InChI is InChI=1S/C15H15FO3/c1-18-10-11-3-2-4-14(6-11)19-15-7-12(9-17)5-13(16)8-15/h2-8,17H,9-10H2,1H3. The molecule has 2 rings (SSSR count). The zero-order valence-corrected chi connectivity index (χ0v) is 10.6. The number of rotatable bonds is 5. The van der Waals surface area contributed by atoms with Crippen molar-refractivity contribution in [1.82, 2.24) is 0 Å². The van der Waals surface area contributed by atoms with Gasteiger partial charge in [-0.2, -0.15) is 0 Å². The van der Waals surface area contributed by atoms with Crippen molar-refractivity contribution in [2.45, 2.75) is 13.2 Å². The van der Waals surface area contributed by atoms with Crippen molar-refractivity contribution in [3.05, 3.63) is 59.4 Å². The number of halogens is 1. The van der Waals surface area contributed by atoms with Crippen molar-refractivity contribution in [3.8, 4) is 11.5 Å². The van der Waals surface area contributed by atoms with E-state index < -0.39 is 5.82 Å². The van der Waals surface area contributed by atoms with Gasteiger partial charge in [-0.1, -0.05) is 12.1 Å². The average molecular weight is 262 g/mol. The molecule has 2 aromatic rings. The van der Waals surface area contributed by atoms with Gasteiger partial charge < -0.3 is 14.6 Å². The molecular weight excluding hydrogens is 247 g/mol. The number of hydrogen-bond donors (Lipinski definition) is 1. The largest absolute Gasteiger partial charge is 0.457 e. The second-order valence-corrected chi connectivity index (χ2v) is 4.14. The summed E-state index contributed by atoms with van der Waals surface area (Å²) >= 11 is 0. The predicted octanol–water partition coefficient (Wildman–Crippen LogP) is 3.26. The maximum absolute atomic E-state index is 13.3. The maximum Gasteiger partial charge on any atom is 0.130 e. The van der Waals surface area contributed by atoms with E-state index in [-0.39, 0.29) is 6.61 Å². The Morgan fingerprint density at radius 1 is 1.05 bits per heavy atom. The van der Waals surface area contributed by atoms with E-state index in [4.69, 9.17) is 14.6 Å². The van der Waals surface area contributed by atoms with Gasteiger partial charge >= 0.3 is 0 Å². The van der Waals surface area contributed by atoms with Gasteiger partial charge in [0.25, 0.3) is 0 Å². The molecule has 0 radical (unpaired) electrons. The molecule has 100 valence electrons. The molecule has 0 aromatic heterocycles. The Labute approximate surface area is 111 Å². The van der Waals surface area contributed by atoms with Crippen LogP contribution in [0.15, 0.2) is 42.5 Å². The Hall–Kier alpha value is -1.91. The van der Waals surface area contributed by atoms with Crippen LogP contribution in [0.5, 0.6) is 11.5 Å². The van der Waals surface area contributed by atoms with Crippen LogP contribution in [0.2, 0.25) is 0 Å². The zero-order valence-electron chi connectivity index (χ0n) is 10.6. The Balaban J connectivity index is 2.20. The van der Waals surface area contributed by atoms with E-state index in [0.29, 0.717) is 23.7 Å². The van der Waals surface area contributed by atoms with Crippen molar-refractivity contribution >= 4 is 0 Å². The summed E-state index contributed by atoms with van der Waals surface area (Å²) in [5.41, 5.74) is 1.45. The molecule has 0 spiro atoms. The highest BCUT2D eigenvalue weighted by Crippen LogP contribution is 2.24. The molecule has 19 heavy (non-hydrogen) atoms. The van der Waals surface area contributed by atoms with E-state index in [0.717, 1.165) is 5.56 Å². The number of aliphatic hydroxyl groups excluding tert-OH is 1. The van der Waals surface area contributed by atoms with Crippen molar-refractivity contribution in [2.75, 3.05) is 7.11 Å². The summed E-state index contributed by atoms with van der Waals surface area (Å²) in [6, 6.07) is 11.5. The lowest BCUT2D eigenvalue weighted by Crippen LogP contribution is -1.92. The lowest BCUT2D eigenvalue weighted by Gasteiger charge is -2.09. The summed E-state index contributed by atoms with van der Waals surface area (Å²) in [6.45, 7) is 0.264. The first kappa shape index (κ1) is 13.5. The summed E-state index contributed by atoms with van der Waals surface area (Å²) in [4.78, 5) is 0. The van der Waals surface area contributed by atoms with E-state index in [1.54, 1.807) is 19.2 Å². The first-order valence-electron chi connectivity index (χ1n) is 5.87. The number of hydrogen-bond acceptors (Lipinski definition) is 3. The van der Waals surface area contributed by atoms with E-state index >= 15 is 0 Å². The third kappa shape index (κ3) is 3.77. The fourth-order valence-electron chi connectivity index (χ4n) is 1.77. The van der Waals surface area contributed by atoms with E-state index in [2.05, 4.69) is 0 Å². The third-order valence-electron chi connectivity index (χ3n) is 2.56. The Kier molecular flexibility index (Phi) is 4.49. The lowest BCUT2D eigenvalue weighted by molar-refractivity contribution is 0.184. The van der Waals surface area contributed by atoms with Gasteiger partial charge in [0.05, 0.1) is 13.2 Å². The van der Waals surface area contributed by atoms with Crippen LogP contribution in [0.1, 0.15) is 11.1 Å². The van der Waals surface area contributed by atoms with Gasteiger partial charge in [0.15, 0.2) is 0 Å². The van der Waals surface area contributed by atoms with Crippen LogP contribution < -0.4 is 4.74 Å². The Morgan fingerprint density at radius 3 is 2.58 bits per heavy atom. The van der Waals surface area contributed by atoms with Gasteiger partial charge in [-0.05, 0) is 35.4 Å². The van der Waals surface area contributed by atoms with Crippen LogP contribution in [0.4, 0.5) is 4.39 Å². The second kappa shape index (κ2) is 6.31. The Morgan fingerprint density at radius 2 is 1.84 bits per heavy atom. The van der Waals surface area contributed by atoms with Crippen molar-refractivity contribution < 1.29 is 19.0 Å². The summed E-state index contributed by atoms with van der Waals surface area (Å²) in [5.74, 6) is 0.525. The summed E-state index contributed by atoms with van der Waals surface area (Å²) < 4.78 is 23.9. The molecule has 3 nitrogen and oxygen atoms in total. The molecule has 2 aromatic carbocycles. The fourth-order valence-corrected chi connectivity index (χ4v) is 1.77.